The highest BCUT2D eigenvalue weighted by Crippen LogP contribution is 2.32. The Morgan fingerprint density at radius 3 is 2.42 bits per heavy atom. The number of methoxy groups -OCH3 is 2. The quantitative estimate of drug-likeness (QED) is 0.386. The number of aromatic nitrogens is 1. The maximum absolute atomic E-state index is 12.6. The van der Waals surface area contributed by atoms with Crippen molar-refractivity contribution in [1.29, 1.82) is 0 Å². The molecule has 1 heterocycles. The zero-order valence-corrected chi connectivity index (χ0v) is 19.4. The SMILES string of the molecule is COc1ccc(-n2c(-c3ccc(Cl)cc3)cs/c2=N\NC(=O)c2ccc(O)cc2)c(OC)c1. The Hall–Kier alpha value is -3.75. The number of nitrogens with zero attached hydrogens (tertiary/aromatic N) is 2. The summed E-state index contributed by atoms with van der Waals surface area (Å²) in [6.07, 6.45) is 0. The van der Waals surface area contributed by atoms with E-state index in [1.807, 2.05) is 46.3 Å². The Morgan fingerprint density at radius 2 is 1.76 bits per heavy atom. The molecule has 0 aliphatic carbocycles. The van der Waals surface area contributed by atoms with Gasteiger partial charge in [-0.1, -0.05) is 23.7 Å². The van der Waals surface area contributed by atoms with E-state index in [0.717, 1.165) is 16.9 Å². The number of hydrogen-bond donors (Lipinski definition) is 2. The number of halogens is 1. The molecule has 0 spiro atoms. The van der Waals surface area contributed by atoms with Crippen molar-refractivity contribution in [3.05, 3.63) is 87.5 Å². The Morgan fingerprint density at radius 1 is 1.03 bits per heavy atom. The van der Waals surface area contributed by atoms with Gasteiger partial charge in [0.1, 0.15) is 17.2 Å². The van der Waals surface area contributed by atoms with Gasteiger partial charge in [0.05, 0.1) is 25.6 Å². The second-order valence-corrected chi connectivity index (χ2v) is 8.16. The van der Waals surface area contributed by atoms with Gasteiger partial charge in [-0.05, 0) is 54.1 Å². The second kappa shape index (κ2) is 9.81. The molecule has 33 heavy (non-hydrogen) atoms. The first-order valence-electron chi connectivity index (χ1n) is 9.82. The summed E-state index contributed by atoms with van der Waals surface area (Å²) in [5, 5.41) is 16.4. The van der Waals surface area contributed by atoms with Crippen LogP contribution in [0.4, 0.5) is 0 Å². The average Bonchev–Trinajstić information content (AvgIpc) is 3.26. The van der Waals surface area contributed by atoms with Gasteiger partial charge in [0.25, 0.3) is 5.91 Å². The van der Waals surface area contributed by atoms with Gasteiger partial charge in [0.15, 0.2) is 0 Å². The number of phenolic OH excluding ortho intramolecular Hbond substituents is 1. The molecule has 0 unspecified atom stereocenters. The van der Waals surface area contributed by atoms with E-state index in [4.69, 9.17) is 21.1 Å². The van der Waals surface area contributed by atoms with E-state index in [0.29, 0.717) is 26.9 Å². The van der Waals surface area contributed by atoms with Crippen LogP contribution in [0.5, 0.6) is 17.2 Å². The number of aromatic hydroxyl groups is 1. The van der Waals surface area contributed by atoms with Gasteiger partial charge in [0, 0.05) is 22.0 Å². The van der Waals surface area contributed by atoms with Crippen LogP contribution in [0.1, 0.15) is 10.4 Å². The highest BCUT2D eigenvalue weighted by molar-refractivity contribution is 7.07. The predicted octanol–water partition coefficient (Wildman–Crippen LogP) is 4.83. The van der Waals surface area contributed by atoms with Crippen LogP contribution >= 0.6 is 22.9 Å². The van der Waals surface area contributed by atoms with Gasteiger partial charge >= 0.3 is 0 Å². The smallest absolute Gasteiger partial charge is 0.271 e. The predicted molar refractivity (Wildman–Crippen MR) is 128 cm³/mol. The molecule has 1 amide bonds. The molecule has 4 aromatic rings. The van der Waals surface area contributed by atoms with Crippen LogP contribution < -0.4 is 19.7 Å². The number of phenols is 1. The topological polar surface area (TPSA) is 85.1 Å². The van der Waals surface area contributed by atoms with Gasteiger partial charge in [-0.2, -0.15) is 0 Å². The minimum Gasteiger partial charge on any atom is -0.508 e. The Labute approximate surface area is 199 Å². The van der Waals surface area contributed by atoms with Crippen LogP contribution in [0, 0.1) is 0 Å². The van der Waals surface area contributed by atoms with E-state index in [-0.39, 0.29) is 5.75 Å². The van der Waals surface area contributed by atoms with E-state index in [9.17, 15) is 9.90 Å². The van der Waals surface area contributed by atoms with Gasteiger partial charge in [0.2, 0.25) is 4.80 Å². The fourth-order valence-corrected chi connectivity index (χ4v) is 4.17. The van der Waals surface area contributed by atoms with Crippen molar-refractivity contribution >= 4 is 28.8 Å². The third-order valence-electron chi connectivity index (χ3n) is 4.86. The summed E-state index contributed by atoms with van der Waals surface area (Å²) in [6.45, 7) is 0. The number of ether oxygens (including phenoxy) is 2. The first kappa shape index (κ1) is 22.4. The lowest BCUT2D eigenvalue weighted by Crippen LogP contribution is -2.24. The number of carbonyl (C=O) groups excluding carboxylic acids is 1. The fourth-order valence-electron chi connectivity index (χ4n) is 3.19. The Kier molecular flexibility index (Phi) is 6.67. The number of carbonyl (C=O) groups is 1. The molecule has 0 aliphatic rings. The summed E-state index contributed by atoms with van der Waals surface area (Å²) in [6, 6.07) is 18.9. The maximum Gasteiger partial charge on any atom is 0.271 e. The zero-order chi connectivity index (χ0) is 23.4. The van der Waals surface area contributed by atoms with Crippen LogP contribution in [0.3, 0.4) is 0 Å². The average molecular weight is 482 g/mol. The molecule has 0 saturated heterocycles. The minimum atomic E-state index is -0.398. The maximum atomic E-state index is 12.6. The molecule has 0 bridgehead atoms. The molecule has 0 radical (unpaired) electrons. The van der Waals surface area contributed by atoms with Crippen molar-refractivity contribution in [3.63, 3.8) is 0 Å². The molecule has 9 heteroatoms. The summed E-state index contributed by atoms with van der Waals surface area (Å²) in [7, 11) is 3.17. The molecular formula is C24H20ClN3O4S. The van der Waals surface area contributed by atoms with Gasteiger partial charge in [-0.3, -0.25) is 9.36 Å². The number of nitrogens with one attached hydrogen (secondary N) is 1. The van der Waals surface area contributed by atoms with Gasteiger partial charge in [-0.15, -0.1) is 16.4 Å². The van der Waals surface area contributed by atoms with E-state index < -0.39 is 5.91 Å². The van der Waals surface area contributed by atoms with E-state index in [2.05, 4.69) is 10.5 Å². The van der Waals surface area contributed by atoms with Crippen molar-refractivity contribution in [2.45, 2.75) is 0 Å². The molecule has 0 fully saturated rings. The largest absolute Gasteiger partial charge is 0.508 e. The first-order valence-corrected chi connectivity index (χ1v) is 11.1. The first-order chi connectivity index (χ1) is 16.0. The zero-order valence-electron chi connectivity index (χ0n) is 17.8. The molecule has 0 aliphatic heterocycles. The lowest BCUT2D eigenvalue weighted by atomic mass is 10.1. The third kappa shape index (κ3) is 4.87. The molecular weight excluding hydrogens is 462 g/mol. The van der Waals surface area contributed by atoms with Crippen LogP contribution in [-0.4, -0.2) is 29.8 Å². The second-order valence-electron chi connectivity index (χ2n) is 6.88. The normalized spacial score (nSPS) is 11.3. The van der Waals surface area contributed by atoms with Crippen molar-refractivity contribution in [2.75, 3.05) is 14.2 Å². The molecule has 7 nitrogen and oxygen atoms in total. The molecule has 168 valence electrons. The summed E-state index contributed by atoms with van der Waals surface area (Å²) in [5.74, 6) is 0.913. The standard InChI is InChI=1S/C24H20ClN3O4S/c1-31-19-11-12-20(22(13-19)32-2)28-21(15-3-7-17(25)8-4-15)14-33-24(28)27-26-23(30)16-5-9-18(29)10-6-16/h3-14,29H,1-2H3,(H,26,30)/b27-24-. The lowest BCUT2D eigenvalue weighted by Gasteiger charge is -2.14. The van der Waals surface area contributed by atoms with E-state index in [1.165, 1.54) is 35.6 Å². The lowest BCUT2D eigenvalue weighted by molar-refractivity contribution is 0.0953. The third-order valence-corrected chi connectivity index (χ3v) is 5.94. The fraction of sp³-hybridized carbons (Fsp3) is 0.0833. The summed E-state index contributed by atoms with van der Waals surface area (Å²) < 4.78 is 12.8. The highest BCUT2D eigenvalue weighted by atomic mass is 35.5. The van der Waals surface area contributed by atoms with Crippen LogP contribution in [0.15, 0.2) is 77.2 Å². The van der Waals surface area contributed by atoms with Crippen LogP contribution in [0.2, 0.25) is 5.02 Å². The van der Waals surface area contributed by atoms with E-state index >= 15 is 0 Å². The number of rotatable bonds is 6. The molecule has 1 aromatic heterocycles. The number of hydrogen-bond acceptors (Lipinski definition) is 6. The van der Waals surface area contributed by atoms with Crippen molar-refractivity contribution in [3.8, 4) is 34.2 Å². The van der Waals surface area contributed by atoms with E-state index in [1.54, 1.807) is 20.3 Å². The molecule has 0 saturated carbocycles. The summed E-state index contributed by atoms with van der Waals surface area (Å²) >= 11 is 7.44. The number of thiazole rings is 1. The summed E-state index contributed by atoms with van der Waals surface area (Å²) in [4.78, 5) is 13.1. The molecule has 0 atom stereocenters. The van der Waals surface area contributed by atoms with Crippen molar-refractivity contribution in [1.82, 2.24) is 9.99 Å². The number of amides is 1. The Balaban J connectivity index is 1.83. The monoisotopic (exact) mass is 481 g/mol. The van der Waals surface area contributed by atoms with Crippen molar-refractivity contribution in [2.24, 2.45) is 5.10 Å². The summed E-state index contributed by atoms with van der Waals surface area (Å²) in [5.41, 5.74) is 5.45. The van der Waals surface area contributed by atoms with Crippen LogP contribution in [-0.2, 0) is 0 Å². The minimum absolute atomic E-state index is 0.0822. The Bertz CT molecular complexity index is 1350. The van der Waals surface area contributed by atoms with Gasteiger partial charge in [-0.25, -0.2) is 5.43 Å². The number of benzene rings is 3. The molecule has 3 aromatic carbocycles. The van der Waals surface area contributed by atoms with Gasteiger partial charge < -0.3 is 14.6 Å². The highest BCUT2D eigenvalue weighted by Gasteiger charge is 2.15. The van der Waals surface area contributed by atoms with Crippen molar-refractivity contribution < 1.29 is 19.4 Å². The molecule has 4 rings (SSSR count). The molecule has 2 N–H and O–H groups in total. The van der Waals surface area contributed by atoms with Crippen LogP contribution in [0.25, 0.3) is 16.9 Å².